The lowest BCUT2D eigenvalue weighted by molar-refractivity contribution is -0.239. The number of hydrogen-bond donors (Lipinski definition) is 0. The number of carbonyl (C=O) groups is 2. The molecular weight excluding hydrogens is 284 g/mol. The van der Waals surface area contributed by atoms with Crippen LogP contribution in [0.25, 0.3) is 0 Å². The van der Waals surface area contributed by atoms with E-state index < -0.39 is 23.6 Å². The minimum absolute atomic E-state index is 0.267. The van der Waals surface area contributed by atoms with Gasteiger partial charge in [-0.15, -0.1) is 0 Å². The van der Waals surface area contributed by atoms with Crippen LogP contribution in [0.15, 0.2) is 24.3 Å². The van der Waals surface area contributed by atoms with Gasteiger partial charge in [-0.1, -0.05) is 25.5 Å². The van der Waals surface area contributed by atoms with Gasteiger partial charge >= 0.3 is 11.9 Å². The summed E-state index contributed by atoms with van der Waals surface area (Å²) in [7, 11) is 0. The van der Waals surface area contributed by atoms with Gasteiger partial charge in [-0.05, 0) is 30.5 Å². The maximum absolute atomic E-state index is 11.9. The number of benzene rings is 1. The standard InChI is InChI=1S/C17H22O5/c1-4-5-10-20-13-8-6-12(7-9-13)11-14-15(18)21-17(2,3)22-16(14)19/h6-9,14H,4-5,10-11H2,1-3H3. The van der Waals surface area contributed by atoms with Crippen LogP contribution in [-0.4, -0.2) is 24.3 Å². The van der Waals surface area contributed by atoms with E-state index in [9.17, 15) is 9.59 Å². The molecule has 0 N–H and O–H groups in total. The van der Waals surface area contributed by atoms with Crippen molar-refractivity contribution in [2.45, 2.75) is 45.8 Å². The normalized spacial score (nSPS) is 17.8. The Balaban J connectivity index is 1.96. The van der Waals surface area contributed by atoms with E-state index in [2.05, 4.69) is 6.92 Å². The van der Waals surface area contributed by atoms with E-state index in [0.29, 0.717) is 6.61 Å². The minimum Gasteiger partial charge on any atom is -0.494 e. The zero-order chi connectivity index (χ0) is 16.2. The van der Waals surface area contributed by atoms with Crippen molar-refractivity contribution in [3.05, 3.63) is 29.8 Å². The van der Waals surface area contributed by atoms with Crippen molar-refractivity contribution in [2.24, 2.45) is 5.92 Å². The molecule has 1 aliphatic heterocycles. The molecule has 0 unspecified atom stereocenters. The SMILES string of the molecule is CCCCOc1ccc(CC2C(=O)OC(C)(C)OC2=O)cc1. The van der Waals surface area contributed by atoms with Gasteiger partial charge in [0.25, 0.3) is 5.79 Å². The molecule has 1 aromatic rings. The van der Waals surface area contributed by atoms with Gasteiger partial charge < -0.3 is 14.2 Å². The molecule has 0 bridgehead atoms. The van der Waals surface area contributed by atoms with Gasteiger partial charge in [-0.25, -0.2) is 0 Å². The Morgan fingerprint density at radius 2 is 1.68 bits per heavy atom. The molecule has 0 aromatic heterocycles. The van der Waals surface area contributed by atoms with Gasteiger partial charge in [0.1, 0.15) is 5.75 Å². The van der Waals surface area contributed by atoms with E-state index in [1.807, 2.05) is 24.3 Å². The Kier molecular flexibility index (Phi) is 5.06. The fraction of sp³-hybridized carbons (Fsp3) is 0.529. The Bertz CT molecular complexity index is 512. The molecule has 120 valence electrons. The number of ether oxygens (including phenoxy) is 3. The van der Waals surface area contributed by atoms with Crippen LogP contribution in [0, 0.1) is 5.92 Å². The van der Waals surface area contributed by atoms with Crippen molar-refractivity contribution in [1.82, 2.24) is 0 Å². The van der Waals surface area contributed by atoms with Gasteiger partial charge in [-0.2, -0.15) is 0 Å². The molecule has 0 amide bonds. The van der Waals surface area contributed by atoms with Gasteiger partial charge in [0.05, 0.1) is 6.61 Å². The fourth-order valence-electron chi connectivity index (χ4n) is 2.20. The first-order valence-corrected chi connectivity index (χ1v) is 7.59. The average molecular weight is 306 g/mol. The third-order valence-corrected chi connectivity index (χ3v) is 3.39. The zero-order valence-electron chi connectivity index (χ0n) is 13.3. The topological polar surface area (TPSA) is 61.8 Å². The maximum atomic E-state index is 11.9. The van der Waals surface area contributed by atoms with Crippen LogP contribution >= 0.6 is 0 Å². The van der Waals surface area contributed by atoms with Crippen molar-refractivity contribution in [3.63, 3.8) is 0 Å². The van der Waals surface area contributed by atoms with Crippen molar-refractivity contribution in [2.75, 3.05) is 6.61 Å². The maximum Gasteiger partial charge on any atom is 0.323 e. The van der Waals surface area contributed by atoms with Crippen LogP contribution in [0.1, 0.15) is 39.2 Å². The molecule has 2 rings (SSSR count). The molecule has 1 fully saturated rings. The number of rotatable bonds is 6. The molecule has 1 aliphatic rings. The van der Waals surface area contributed by atoms with Crippen LogP contribution < -0.4 is 4.74 Å². The van der Waals surface area contributed by atoms with E-state index in [-0.39, 0.29) is 6.42 Å². The predicted octanol–water partition coefficient (Wildman–Crippen LogP) is 2.86. The van der Waals surface area contributed by atoms with Gasteiger partial charge in [0, 0.05) is 13.8 Å². The van der Waals surface area contributed by atoms with E-state index in [1.165, 1.54) is 0 Å². The van der Waals surface area contributed by atoms with Crippen molar-refractivity contribution < 1.29 is 23.8 Å². The van der Waals surface area contributed by atoms with Crippen LogP contribution in [0.4, 0.5) is 0 Å². The summed E-state index contributed by atoms with van der Waals surface area (Å²) in [5, 5.41) is 0. The number of unbranched alkanes of at least 4 members (excludes halogenated alkanes) is 1. The molecule has 0 radical (unpaired) electrons. The Hall–Kier alpha value is -2.04. The summed E-state index contributed by atoms with van der Waals surface area (Å²) in [5.41, 5.74) is 0.862. The highest BCUT2D eigenvalue weighted by Crippen LogP contribution is 2.26. The lowest BCUT2D eigenvalue weighted by Crippen LogP contribution is -2.46. The Morgan fingerprint density at radius 3 is 2.23 bits per heavy atom. The zero-order valence-corrected chi connectivity index (χ0v) is 13.3. The van der Waals surface area contributed by atoms with Gasteiger partial charge in [0.2, 0.25) is 0 Å². The molecule has 0 spiro atoms. The summed E-state index contributed by atoms with van der Waals surface area (Å²) in [6, 6.07) is 7.38. The summed E-state index contributed by atoms with van der Waals surface area (Å²) < 4.78 is 15.8. The minimum atomic E-state index is -1.18. The highest BCUT2D eigenvalue weighted by atomic mass is 16.7. The summed E-state index contributed by atoms with van der Waals surface area (Å²) in [6.45, 7) is 5.88. The molecule has 0 aliphatic carbocycles. The molecular formula is C17H22O5. The molecule has 1 heterocycles. The summed E-state index contributed by atoms with van der Waals surface area (Å²) in [6.07, 6.45) is 2.36. The van der Waals surface area contributed by atoms with E-state index in [1.54, 1.807) is 13.8 Å². The van der Waals surface area contributed by atoms with E-state index in [0.717, 1.165) is 24.2 Å². The van der Waals surface area contributed by atoms with Gasteiger partial charge in [0.15, 0.2) is 5.92 Å². The molecule has 5 nitrogen and oxygen atoms in total. The largest absolute Gasteiger partial charge is 0.494 e. The first kappa shape index (κ1) is 16.3. The van der Waals surface area contributed by atoms with Crippen molar-refractivity contribution in [1.29, 1.82) is 0 Å². The molecule has 1 saturated heterocycles. The van der Waals surface area contributed by atoms with Crippen LogP contribution in [-0.2, 0) is 25.5 Å². The fourth-order valence-corrected chi connectivity index (χ4v) is 2.20. The van der Waals surface area contributed by atoms with E-state index >= 15 is 0 Å². The number of carbonyl (C=O) groups excluding carboxylic acids is 2. The second kappa shape index (κ2) is 6.81. The second-order valence-corrected chi connectivity index (χ2v) is 5.84. The number of esters is 2. The third-order valence-electron chi connectivity index (χ3n) is 3.39. The third kappa shape index (κ3) is 4.23. The monoisotopic (exact) mass is 306 g/mol. The number of hydrogen-bond acceptors (Lipinski definition) is 5. The van der Waals surface area contributed by atoms with E-state index in [4.69, 9.17) is 14.2 Å². The molecule has 0 saturated carbocycles. The van der Waals surface area contributed by atoms with Gasteiger partial charge in [-0.3, -0.25) is 9.59 Å². The lowest BCUT2D eigenvalue weighted by Gasteiger charge is -2.32. The number of cyclic esters (lactones) is 2. The Morgan fingerprint density at radius 1 is 1.09 bits per heavy atom. The molecule has 5 heteroatoms. The quantitative estimate of drug-likeness (QED) is 0.459. The smallest absolute Gasteiger partial charge is 0.323 e. The van der Waals surface area contributed by atoms with Crippen LogP contribution in [0.3, 0.4) is 0 Å². The lowest BCUT2D eigenvalue weighted by atomic mass is 9.98. The van der Waals surface area contributed by atoms with Crippen LogP contribution in [0.2, 0.25) is 0 Å². The molecule has 1 aromatic carbocycles. The second-order valence-electron chi connectivity index (χ2n) is 5.84. The molecule has 22 heavy (non-hydrogen) atoms. The Labute approximate surface area is 130 Å². The highest BCUT2D eigenvalue weighted by Gasteiger charge is 2.42. The average Bonchev–Trinajstić information content (AvgIpc) is 2.44. The summed E-state index contributed by atoms with van der Waals surface area (Å²) >= 11 is 0. The van der Waals surface area contributed by atoms with Crippen LogP contribution in [0.5, 0.6) is 5.75 Å². The summed E-state index contributed by atoms with van der Waals surface area (Å²) in [4.78, 5) is 23.8. The summed E-state index contributed by atoms with van der Waals surface area (Å²) in [5.74, 6) is -2.37. The molecule has 0 atom stereocenters. The van der Waals surface area contributed by atoms with Crippen molar-refractivity contribution >= 4 is 11.9 Å². The first-order valence-electron chi connectivity index (χ1n) is 7.59. The highest BCUT2D eigenvalue weighted by molar-refractivity contribution is 5.96. The predicted molar refractivity (Wildman–Crippen MR) is 80.3 cm³/mol. The first-order chi connectivity index (χ1) is 10.4. The van der Waals surface area contributed by atoms with Crippen molar-refractivity contribution in [3.8, 4) is 5.75 Å².